The van der Waals surface area contributed by atoms with E-state index in [0.717, 1.165) is 22.4 Å². The van der Waals surface area contributed by atoms with Crippen molar-refractivity contribution in [3.8, 4) is 11.5 Å². The summed E-state index contributed by atoms with van der Waals surface area (Å²) in [7, 11) is 3.43. The summed E-state index contributed by atoms with van der Waals surface area (Å²) in [5.41, 5.74) is 3.34. The average Bonchev–Trinajstić information content (AvgIpc) is 2.64. The molecule has 4 heteroatoms. The molecule has 0 heterocycles. The van der Waals surface area contributed by atoms with Gasteiger partial charge in [-0.3, -0.25) is 4.79 Å². The summed E-state index contributed by atoms with van der Waals surface area (Å²) in [5, 5.41) is 14.1. The number of allylic oxidation sites excluding steroid dienone is 1. The van der Waals surface area contributed by atoms with Crippen molar-refractivity contribution < 1.29 is 14.6 Å². The number of methoxy groups -OCH3 is 1. The molecule has 0 bridgehead atoms. The highest BCUT2D eigenvalue weighted by Gasteiger charge is 2.30. The number of carbonyl (C=O) groups is 1. The van der Waals surface area contributed by atoms with Gasteiger partial charge in [-0.1, -0.05) is 41.5 Å². The minimum Gasteiger partial charge on any atom is -0.507 e. The van der Waals surface area contributed by atoms with Gasteiger partial charge in [0.1, 0.15) is 11.5 Å². The monoisotopic (exact) mass is 395 g/mol. The van der Waals surface area contributed by atoms with Crippen molar-refractivity contribution in [3.05, 3.63) is 58.7 Å². The van der Waals surface area contributed by atoms with Crippen LogP contribution in [0.1, 0.15) is 68.6 Å². The number of phenolic OH excluding ortho intramolecular Hbond substituents is 1. The van der Waals surface area contributed by atoms with Crippen LogP contribution in [0.5, 0.6) is 11.5 Å². The van der Waals surface area contributed by atoms with Crippen molar-refractivity contribution in [1.29, 1.82) is 0 Å². The molecule has 0 aromatic heterocycles. The van der Waals surface area contributed by atoms with Gasteiger partial charge in [-0.25, -0.2) is 0 Å². The minimum atomic E-state index is -0.327. The van der Waals surface area contributed by atoms with Crippen molar-refractivity contribution in [1.82, 2.24) is 0 Å². The number of hydrogen-bond donors (Lipinski definition) is 2. The van der Waals surface area contributed by atoms with E-state index in [-0.39, 0.29) is 22.4 Å². The summed E-state index contributed by atoms with van der Waals surface area (Å²) >= 11 is 0. The number of aromatic hydroxyl groups is 1. The molecular weight excluding hydrogens is 362 g/mol. The lowest BCUT2D eigenvalue weighted by molar-refractivity contribution is 0.104. The van der Waals surface area contributed by atoms with E-state index in [2.05, 4.69) is 26.1 Å². The van der Waals surface area contributed by atoms with Crippen molar-refractivity contribution in [3.63, 3.8) is 0 Å². The van der Waals surface area contributed by atoms with E-state index < -0.39 is 0 Å². The van der Waals surface area contributed by atoms with Gasteiger partial charge in [0.2, 0.25) is 0 Å². The molecule has 0 aliphatic carbocycles. The lowest BCUT2D eigenvalue weighted by Gasteiger charge is -2.30. The fourth-order valence-electron chi connectivity index (χ4n) is 3.35. The number of ketones is 1. The smallest absolute Gasteiger partial charge is 0.185 e. The van der Waals surface area contributed by atoms with Crippen LogP contribution >= 0.6 is 0 Å². The number of carbonyl (C=O) groups excluding carboxylic acids is 1. The molecule has 0 aliphatic heterocycles. The molecule has 0 saturated heterocycles. The SMILES string of the molecule is CNc1ccc(C(=O)/C=C/c2cc(C(C)(C)C)c(O)c(C(C)(C)C)c2OC)cc1. The Morgan fingerprint density at radius 3 is 2.07 bits per heavy atom. The number of rotatable bonds is 5. The summed E-state index contributed by atoms with van der Waals surface area (Å²) in [6.07, 6.45) is 3.33. The summed E-state index contributed by atoms with van der Waals surface area (Å²) in [6.45, 7) is 12.3. The van der Waals surface area contributed by atoms with Gasteiger partial charge in [0.05, 0.1) is 7.11 Å². The van der Waals surface area contributed by atoms with Crippen LogP contribution < -0.4 is 10.1 Å². The number of benzene rings is 2. The van der Waals surface area contributed by atoms with E-state index in [4.69, 9.17) is 4.74 Å². The molecule has 2 aromatic carbocycles. The number of nitrogens with one attached hydrogen (secondary N) is 1. The van der Waals surface area contributed by atoms with E-state index in [1.165, 1.54) is 0 Å². The van der Waals surface area contributed by atoms with Crippen LogP contribution in [0.3, 0.4) is 0 Å². The third-order valence-electron chi connectivity index (χ3n) is 4.92. The molecule has 4 nitrogen and oxygen atoms in total. The molecule has 2 aromatic rings. The largest absolute Gasteiger partial charge is 0.507 e. The summed E-state index contributed by atoms with van der Waals surface area (Å²) in [5.74, 6) is 0.767. The van der Waals surface area contributed by atoms with E-state index in [9.17, 15) is 9.90 Å². The maximum Gasteiger partial charge on any atom is 0.185 e. The quantitative estimate of drug-likeness (QED) is 0.486. The Hall–Kier alpha value is -2.75. The molecule has 0 amide bonds. The van der Waals surface area contributed by atoms with E-state index in [1.807, 2.05) is 46.0 Å². The van der Waals surface area contributed by atoms with Crippen molar-refractivity contribution in [2.45, 2.75) is 52.4 Å². The second-order valence-corrected chi connectivity index (χ2v) is 9.30. The van der Waals surface area contributed by atoms with E-state index in [1.54, 1.807) is 31.4 Å². The Labute approximate surface area is 174 Å². The normalized spacial score (nSPS) is 12.3. The first-order chi connectivity index (χ1) is 13.4. The summed E-state index contributed by atoms with van der Waals surface area (Å²) in [6, 6.07) is 9.26. The Morgan fingerprint density at radius 2 is 1.62 bits per heavy atom. The molecule has 0 spiro atoms. The van der Waals surface area contributed by atoms with Crippen molar-refractivity contribution >= 4 is 17.5 Å². The zero-order valence-electron chi connectivity index (χ0n) is 18.8. The molecule has 0 radical (unpaired) electrons. The lowest BCUT2D eigenvalue weighted by Crippen LogP contribution is -2.19. The first kappa shape index (κ1) is 22.5. The molecule has 2 N–H and O–H groups in total. The molecule has 0 saturated carbocycles. The van der Waals surface area contributed by atoms with Gasteiger partial charge in [0.25, 0.3) is 0 Å². The van der Waals surface area contributed by atoms with Gasteiger partial charge in [-0.05, 0) is 53.3 Å². The van der Waals surface area contributed by atoms with Gasteiger partial charge in [-0.15, -0.1) is 0 Å². The van der Waals surface area contributed by atoms with Crippen LogP contribution in [0.15, 0.2) is 36.4 Å². The van der Waals surface area contributed by atoms with Crippen molar-refractivity contribution in [2.24, 2.45) is 0 Å². The van der Waals surface area contributed by atoms with Crippen LogP contribution in [-0.4, -0.2) is 25.0 Å². The number of anilines is 1. The third kappa shape index (κ3) is 5.00. The fourth-order valence-corrected chi connectivity index (χ4v) is 3.35. The van der Waals surface area contributed by atoms with Crippen LogP contribution in [0.2, 0.25) is 0 Å². The Morgan fingerprint density at radius 1 is 1.03 bits per heavy atom. The van der Waals surface area contributed by atoms with Crippen LogP contribution in [-0.2, 0) is 10.8 Å². The number of ether oxygens (including phenoxy) is 1. The summed E-state index contributed by atoms with van der Waals surface area (Å²) < 4.78 is 5.69. The fraction of sp³-hybridized carbons (Fsp3) is 0.400. The minimum absolute atomic E-state index is 0.0857. The predicted molar refractivity (Wildman–Crippen MR) is 121 cm³/mol. The predicted octanol–water partition coefficient (Wildman–Crippen LogP) is 5.93. The zero-order valence-corrected chi connectivity index (χ0v) is 18.8. The molecular formula is C25H33NO3. The van der Waals surface area contributed by atoms with Crippen LogP contribution in [0.25, 0.3) is 6.08 Å². The van der Waals surface area contributed by atoms with Crippen LogP contribution in [0, 0.1) is 0 Å². The highest BCUT2D eigenvalue weighted by Crippen LogP contribution is 2.46. The lowest BCUT2D eigenvalue weighted by atomic mass is 9.77. The van der Waals surface area contributed by atoms with Crippen LogP contribution in [0.4, 0.5) is 5.69 Å². The second kappa shape index (κ2) is 8.32. The molecule has 0 aliphatic rings. The van der Waals surface area contributed by atoms with Gasteiger partial charge in [0, 0.05) is 35.0 Å². The summed E-state index contributed by atoms with van der Waals surface area (Å²) in [4.78, 5) is 12.7. The third-order valence-corrected chi connectivity index (χ3v) is 4.92. The Kier molecular flexibility index (Phi) is 6.46. The molecule has 2 rings (SSSR count). The van der Waals surface area contributed by atoms with Gasteiger partial charge in [0.15, 0.2) is 5.78 Å². The van der Waals surface area contributed by atoms with E-state index >= 15 is 0 Å². The highest BCUT2D eigenvalue weighted by atomic mass is 16.5. The average molecular weight is 396 g/mol. The highest BCUT2D eigenvalue weighted by molar-refractivity contribution is 6.07. The van der Waals surface area contributed by atoms with E-state index in [0.29, 0.717) is 11.3 Å². The van der Waals surface area contributed by atoms with Gasteiger partial charge in [-0.2, -0.15) is 0 Å². The second-order valence-electron chi connectivity index (χ2n) is 9.30. The Bertz CT molecular complexity index is 911. The Balaban J connectivity index is 2.58. The number of phenols is 1. The topological polar surface area (TPSA) is 58.6 Å². The molecule has 156 valence electrons. The number of hydrogen-bond acceptors (Lipinski definition) is 4. The molecule has 0 atom stereocenters. The van der Waals surface area contributed by atoms with Crippen molar-refractivity contribution in [2.75, 3.05) is 19.5 Å². The molecule has 29 heavy (non-hydrogen) atoms. The first-order valence-corrected chi connectivity index (χ1v) is 9.85. The van der Waals surface area contributed by atoms with Gasteiger partial charge >= 0.3 is 0 Å². The first-order valence-electron chi connectivity index (χ1n) is 9.85. The van der Waals surface area contributed by atoms with Gasteiger partial charge < -0.3 is 15.2 Å². The maximum absolute atomic E-state index is 12.7. The molecule has 0 fully saturated rings. The standard InChI is InChI=1S/C25H33NO3/c1-24(2,3)19-15-17(23(29-8)21(22(19)28)25(4,5)6)11-14-20(27)16-9-12-18(26-7)13-10-16/h9-15,26,28H,1-8H3/b14-11+. The molecule has 0 unspecified atom stereocenters. The maximum atomic E-state index is 12.7. The zero-order chi connectivity index (χ0) is 22.0.